The number of alkyl halides is 2. The lowest BCUT2D eigenvalue weighted by molar-refractivity contribution is 0.169. The molecule has 0 saturated heterocycles. The third kappa shape index (κ3) is 6.79. The summed E-state index contributed by atoms with van der Waals surface area (Å²) in [5.41, 5.74) is 0. The highest BCUT2D eigenvalue weighted by molar-refractivity contribution is 7.95. The molecule has 0 spiro atoms. The van der Waals surface area contributed by atoms with Crippen LogP contribution >= 0.6 is 23.2 Å². The topological polar surface area (TPSA) is 109 Å². The Kier molecular flexibility index (Phi) is 10.2. The second-order valence-corrected chi connectivity index (χ2v) is 13.5. The highest BCUT2D eigenvalue weighted by Gasteiger charge is 2.33. The summed E-state index contributed by atoms with van der Waals surface area (Å²) in [6.45, 7) is 0. The minimum Gasteiger partial charge on any atom is -0.391 e. The SMILES string of the molecule is O=S(=O)(C1=CCCC[C@H](O)[C@H]1Cl)c1ccccc1.O=S(=O)(C1=CCCC[C@H](O)[C@H]1Cl)c1ccccc1. The Morgan fingerprint density at radius 1 is 0.611 bits per heavy atom. The number of halogens is 2. The summed E-state index contributed by atoms with van der Waals surface area (Å²) >= 11 is 12.1. The number of sulfone groups is 2. The maximum Gasteiger partial charge on any atom is 0.204 e. The quantitative estimate of drug-likeness (QED) is 0.499. The first kappa shape index (κ1) is 28.9. The van der Waals surface area contributed by atoms with Crippen LogP contribution in [0, 0.1) is 0 Å². The molecule has 36 heavy (non-hydrogen) atoms. The van der Waals surface area contributed by atoms with Crippen LogP contribution in [0.15, 0.2) is 92.4 Å². The summed E-state index contributed by atoms with van der Waals surface area (Å²) in [4.78, 5) is 0.688. The summed E-state index contributed by atoms with van der Waals surface area (Å²) in [6.07, 6.45) is 5.46. The molecule has 0 bridgehead atoms. The highest BCUT2D eigenvalue weighted by atomic mass is 35.5. The fourth-order valence-corrected chi connectivity index (χ4v) is 8.32. The van der Waals surface area contributed by atoms with E-state index in [0.29, 0.717) is 25.7 Å². The van der Waals surface area contributed by atoms with Crippen LogP contribution in [-0.4, -0.2) is 50.0 Å². The molecule has 4 rings (SSSR count). The Balaban J connectivity index is 0.000000201. The van der Waals surface area contributed by atoms with Crippen LogP contribution in [0.3, 0.4) is 0 Å². The van der Waals surface area contributed by atoms with E-state index in [9.17, 15) is 27.0 Å². The van der Waals surface area contributed by atoms with E-state index < -0.39 is 42.6 Å². The van der Waals surface area contributed by atoms with E-state index >= 15 is 0 Å². The van der Waals surface area contributed by atoms with Crippen LogP contribution in [0.2, 0.25) is 0 Å². The summed E-state index contributed by atoms with van der Waals surface area (Å²) in [5, 5.41) is 17.9. The largest absolute Gasteiger partial charge is 0.391 e. The van der Waals surface area contributed by atoms with Crippen molar-refractivity contribution < 1.29 is 27.0 Å². The van der Waals surface area contributed by atoms with Gasteiger partial charge in [-0.05, 0) is 62.8 Å². The normalized spacial score (nSPS) is 25.3. The fourth-order valence-electron chi connectivity index (χ4n) is 4.03. The first-order valence-corrected chi connectivity index (χ1v) is 15.6. The Morgan fingerprint density at radius 3 is 1.28 bits per heavy atom. The molecule has 2 aliphatic carbocycles. The van der Waals surface area contributed by atoms with Gasteiger partial charge in [0.25, 0.3) is 0 Å². The summed E-state index contributed by atoms with van der Waals surface area (Å²) in [6, 6.07) is 16.4. The molecular weight excluding hydrogens is 543 g/mol. The summed E-state index contributed by atoms with van der Waals surface area (Å²) in [7, 11) is -7.20. The fraction of sp³-hybridized carbons (Fsp3) is 0.385. The van der Waals surface area contributed by atoms with E-state index in [-0.39, 0.29) is 19.6 Å². The molecule has 0 radical (unpaired) electrons. The first-order valence-electron chi connectivity index (χ1n) is 11.7. The molecule has 10 heteroatoms. The standard InChI is InChI=1S/2C13H15ClO3S/c2*14-13-11(15)8-4-5-9-12(13)18(16,17)10-6-2-1-3-7-10/h2*1-3,6-7,9,11,13,15H,4-5,8H2/t2*11-,13+/m00/s1. The zero-order valence-electron chi connectivity index (χ0n) is 19.6. The molecule has 0 aromatic heterocycles. The van der Waals surface area contributed by atoms with Crippen molar-refractivity contribution in [1.82, 2.24) is 0 Å². The van der Waals surface area contributed by atoms with Gasteiger partial charge in [-0.2, -0.15) is 0 Å². The van der Waals surface area contributed by atoms with Gasteiger partial charge in [-0.1, -0.05) is 48.6 Å². The molecule has 0 unspecified atom stereocenters. The van der Waals surface area contributed by atoms with E-state index in [0.717, 1.165) is 12.8 Å². The van der Waals surface area contributed by atoms with Crippen molar-refractivity contribution in [2.45, 2.75) is 71.3 Å². The molecule has 2 aromatic carbocycles. The number of aliphatic hydroxyl groups excluding tert-OH is 2. The molecule has 2 aromatic rings. The Hall–Kier alpha value is -1.68. The van der Waals surface area contributed by atoms with E-state index in [2.05, 4.69) is 0 Å². The molecule has 0 saturated carbocycles. The van der Waals surface area contributed by atoms with Crippen molar-refractivity contribution in [3.8, 4) is 0 Å². The minimum absolute atomic E-state index is 0.125. The molecule has 4 atom stereocenters. The van der Waals surface area contributed by atoms with E-state index in [1.165, 1.54) is 24.3 Å². The smallest absolute Gasteiger partial charge is 0.204 e. The third-order valence-electron chi connectivity index (χ3n) is 6.05. The van der Waals surface area contributed by atoms with Crippen molar-refractivity contribution in [3.05, 3.63) is 82.6 Å². The van der Waals surface area contributed by atoms with Gasteiger partial charge in [0, 0.05) is 0 Å². The Bertz CT molecular complexity index is 1170. The lowest BCUT2D eigenvalue weighted by Gasteiger charge is -2.17. The predicted octanol–water partition coefficient (Wildman–Crippen LogP) is 4.99. The van der Waals surface area contributed by atoms with E-state index in [4.69, 9.17) is 23.2 Å². The van der Waals surface area contributed by atoms with Crippen LogP contribution in [0.25, 0.3) is 0 Å². The van der Waals surface area contributed by atoms with Crippen LogP contribution in [0.5, 0.6) is 0 Å². The van der Waals surface area contributed by atoms with E-state index in [1.54, 1.807) is 48.6 Å². The molecular formula is C26H30Cl2O6S2. The maximum absolute atomic E-state index is 12.4. The zero-order chi connectivity index (χ0) is 26.3. The van der Waals surface area contributed by atoms with Gasteiger partial charge in [0.1, 0.15) is 0 Å². The molecule has 196 valence electrons. The van der Waals surface area contributed by atoms with Gasteiger partial charge < -0.3 is 10.2 Å². The average Bonchev–Trinajstić information content (AvgIpc) is 3.16. The van der Waals surface area contributed by atoms with Crippen LogP contribution in [-0.2, 0) is 19.7 Å². The van der Waals surface area contributed by atoms with Crippen molar-refractivity contribution in [2.75, 3.05) is 0 Å². The number of rotatable bonds is 4. The van der Waals surface area contributed by atoms with Gasteiger partial charge in [0.15, 0.2) is 0 Å². The van der Waals surface area contributed by atoms with Crippen molar-refractivity contribution in [2.24, 2.45) is 0 Å². The average molecular weight is 574 g/mol. The molecule has 0 heterocycles. The monoisotopic (exact) mass is 572 g/mol. The van der Waals surface area contributed by atoms with Crippen molar-refractivity contribution in [1.29, 1.82) is 0 Å². The van der Waals surface area contributed by atoms with Crippen LogP contribution < -0.4 is 0 Å². The second kappa shape index (κ2) is 12.7. The number of allylic oxidation sites excluding steroid dienone is 2. The number of benzene rings is 2. The Labute approximate surface area is 223 Å². The summed E-state index contributed by atoms with van der Waals surface area (Å²) < 4.78 is 49.7. The lowest BCUT2D eigenvalue weighted by atomic mass is 10.1. The minimum atomic E-state index is -3.60. The lowest BCUT2D eigenvalue weighted by Crippen LogP contribution is -2.25. The molecule has 0 fully saturated rings. The zero-order valence-corrected chi connectivity index (χ0v) is 22.7. The molecule has 0 amide bonds. The van der Waals surface area contributed by atoms with Gasteiger partial charge in [0.05, 0.1) is 42.6 Å². The molecule has 2 N–H and O–H groups in total. The number of hydrogen-bond acceptors (Lipinski definition) is 6. The number of hydrogen-bond donors (Lipinski definition) is 2. The van der Waals surface area contributed by atoms with Gasteiger partial charge in [0.2, 0.25) is 19.7 Å². The van der Waals surface area contributed by atoms with Crippen LogP contribution in [0.4, 0.5) is 0 Å². The molecule has 6 nitrogen and oxygen atoms in total. The van der Waals surface area contributed by atoms with Gasteiger partial charge in [-0.15, -0.1) is 23.2 Å². The third-order valence-corrected chi connectivity index (χ3v) is 11.2. The molecule has 2 aliphatic rings. The van der Waals surface area contributed by atoms with Gasteiger partial charge in [-0.25, -0.2) is 16.8 Å². The van der Waals surface area contributed by atoms with E-state index in [1.807, 2.05) is 0 Å². The maximum atomic E-state index is 12.4. The first-order chi connectivity index (χ1) is 17.1. The second-order valence-electron chi connectivity index (χ2n) is 8.65. The molecule has 0 aliphatic heterocycles. The predicted molar refractivity (Wildman–Crippen MR) is 142 cm³/mol. The Morgan fingerprint density at radius 2 is 0.944 bits per heavy atom. The van der Waals surface area contributed by atoms with Crippen LogP contribution in [0.1, 0.15) is 38.5 Å². The van der Waals surface area contributed by atoms with Crippen molar-refractivity contribution in [3.63, 3.8) is 0 Å². The van der Waals surface area contributed by atoms with Crippen molar-refractivity contribution >= 4 is 42.9 Å². The number of aliphatic hydroxyl groups is 2. The van der Waals surface area contributed by atoms with Gasteiger partial charge >= 0.3 is 0 Å². The highest BCUT2D eigenvalue weighted by Crippen LogP contribution is 2.32. The van der Waals surface area contributed by atoms with Gasteiger partial charge in [-0.3, -0.25) is 0 Å². The summed E-state index contributed by atoms with van der Waals surface area (Å²) in [5.74, 6) is 0.